The van der Waals surface area contributed by atoms with Gasteiger partial charge in [0.2, 0.25) is 5.91 Å². The number of carbonyl (C=O) groups excluding carboxylic acids is 1. The Hall–Kier alpha value is -3.03. The van der Waals surface area contributed by atoms with E-state index >= 15 is 0 Å². The summed E-state index contributed by atoms with van der Waals surface area (Å²) in [6, 6.07) is 7.77. The van der Waals surface area contributed by atoms with Crippen molar-refractivity contribution < 1.29 is 14.3 Å². The number of aryl methyl sites for hydroxylation is 1. The molecular weight excluding hydrogens is 326 g/mol. The Morgan fingerprint density at radius 1 is 1.12 bits per heavy atom. The van der Waals surface area contributed by atoms with E-state index in [9.17, 15) is 14.4 Å². The standard InChI is InChI=1S/C17H21N3O5/c1-19(11-12-4-5-13(24-2)14(10-12)25-3)16(22)8-9-20-17(23)7-6-15(21)18-20/h4-7,10H,8-9,11H2,1-3H3,(H,18,21). The quantitative estimate of drug-likeness (QED) is 0.792. The first-order valence-corrected chi connectivity index (χ1v) is 7.69. The van der Waals surface area contributed by atoms with Gasteiger partial charge in [0.25, 0.3) is 11.1 Å². The number of ether oxygens (including phenoxy) is 2. The number of methoxy groups -OCH3 is 2. The second-order valence-corrected chi connectivity index (χ2v) is 5.49. The third-order valence-corrected chi connectivity index (χ3v) is 3.73. The van der Waals surface area contributed by atoms with E-state index in [0.717, 1.165) is 16.3 Å². The summed E-state index contributed by atoms with van der Waals surface area (Å²) < 4.78 is 11.6. The first-order valence-electron chi connectivity index (χ1n) is 7.69. The zero-order valence-electron chi connectivity index (χ0n) is 14.4. The Kier molecular flexibility index (Phi) is 5.99. The third-order valence-electron chi connectivity index (χ3n) is 3.73. The van der Waals surface area contributed by atoms with Crippen LogP contribution in [0.1, 0.15) is 12.0 Å². The first-order chi connectivity index (χ1) is 11.9. The molecule has 0 unspecified atom stereocenters. The van der Waals surface area contributed by atoms with Crippen LogP contribution in [0.2, 0.25) is 0 Å². The van der Waals surface area contributed by atoms with Crippen molar-refractivity contribution in [2.45, 2.75) is 19.5 Å². The summed E-state index contributed by atoms with van der Waals surface area (Å²) in [5.41, 5.74) is 0.152. The largest absolute Gasteiger partial charge is 0.493 e. The zero-order chi connectivity index (χ0) is 18.4. The maximum atomic E-state index is 12.3. The Labute approximate surface area is 144 Å². The highest BCUT2D eigenvalue weighted by Gasteiger charge is 2.12. The number of amides is 1. The molecule has 25 heavy (non-hydrogen) atoms. The van der Waals surface area contributed by atoms with Crippen LogP contribution in [0.25, 0.3) is 0 Å². The number of nitrogens with zero attached hydrogens (tertiary/aromatic N) is 2. The molecule has 0 radical (unpaired) electrons. The molecule has 1 aromatic carbocycles. The molecule has 0 saturated carbocycles. The molecular formula is C17H21N3O5. The molecule has 1 aromatic heterocycles. The van der Waals surface area contributed by atoms with Crippen molar-refractivity contribution in [1.29, 1.82) is 0 Å². The molecule has 1 amide bonds. The molecule has 1 N–H and O–H groups in total. The highest BCUT2D eigenvalue weighted by Crippen LogP contribution is 2.27. The predicted molar refractivity (Wildman–Crippen MR) is 92.0 cm³/mol. The van der Waals surface area contributed by atoms with Crippen LogP contribution in [0.15, 0.2) is 39.9 Å². The molecule has 1 heterocycles. The topological polar surface area (TPSA) is 93.6 Å². The fourth-order valence-electron chi connectivity index (χ4n) is 2.37. The van der Waals surface area contributed by atoms with E-state index in [1.54, 1.807) is 32.2 Å². The Balaban J connectivity index is 1.99. The van der Waals surface area contributed by atoms with Gasteiger partial charge in [0.05, 0.1) is 20.8 Å². The van der Waals surface area contributed by atoms with Crippen molar-refractivity contribution in [2.75, 3.05) is 21.3 Å². The highest BCUT2D eigenvalue weighted by atomic mass is 16.5. The van der Waals surface area contributed by atoms with Crippen LogP contribution >= 0.6 is 0 Å². The average molecular weight is 347 g/mol. The molecule has 0 spiro atoms. The minimum Gasteiger partial charge on any atom is -0.493 e. The van der Waals surface area contributed by atoms with E-state index < -0.39 is 0 Å². The van der Waals surface area contributed by atoms with E-state index in [2.05, 4.69) is 5.10 Å². The number of hydrogen-bond acceptors (Lipinski definition) is 5. The maximum absolute atomic E-state index is 12.3. The molecule has 0 saturated heterocycles. The van der Waals surface area contributed by atoms with Crippen molar-refractivity contribution >= 4 is 5.91 Å². The highest BCUT2D eigenvalue weighted by molar-refractivity contribution is 5.75. The molecule has 0 aliphatic rings. The van der Waals surface area contributed by atoms with Crippen molar-refractivity contribution in [1.82, 2.24) is 14.7 Å². The minimum absolute atomic E-state index is 0.101. The molecule has 0 fully saturated rings. The van der Waals surface area contributed by atoms with Gasteiger partial charge in [0.15, 0.2) is 11.5 Å². The Morgan fingerprint density at radius 2 is 1.84 bits per heavy atom. The number of aromatic nitrogens is 2. The molecule has 0 atom stereocenters. The van der Waals surface area contributed by atoms with Crippen LogP contribution in [0.4, 0.5) is 0 Å². The lowest BCUT2D eigenvalue weighted by Crippen LogP contribution is -2.32. The van der Waals surface area contributed by atoms with Gasteiger partial charge in [-0.05, 0) is 17.7 Å². The van der Waals surface area contributed by atoms with Gasteiger partial charge in [-0.2, -0.15) is 0 Å². The van der Waals surface area contributed by atoms with Gasteiger partial charge in [0, 0.05) is 32.1 Å². The van der Waals surface area contributed by atoms with E-state index in [4.69, 9.17) is 9.47 Å². The van der Waals surface area contributed by atoms with Crippen LogP contribution in [-0.2, 0) is 17.9 Å². The Morgan fingerprint density at radius 3 is 2.52 bits per heavy atom. The number of hydrogen-bond donors (Lipinski definition) is 1. The number of rotatable bonds is 7. The van der Waals surface area contributed by atoms with E-state index in [1.807, 2.05) is 12.1 Å². The molecule has 2 aromatic rings. The molecule has 0 bridgehead atoms. The summed E-state index contributed by atoms with van der Waals surface area (Å²) in [4.78, 5) is 36.7. The molecule has 8 nitrogen and oxygen atoms in total. The van der Waals surface area contributed by atoms with E-state index in [0.29, 0.717) is 18.0 Å². The second kappa shape index (κ2) is 8.18. The van der Waals surface area contributed by atoms with Gasteiger partial charge < -0.3 is 14.4 Å². The lowest BCUT2D eigenvalue weighted by Gasteiger charge is -2.18. The number of carbonyl (C=O) groups is 1. The summed E-state index contributed by atoms with van der Waals surface area (Å²) in [5, 5.41) is 2.39. The summed E-state index contributed by atoms with van der Waals surface area (Å²) in [7, 11) is 4.79. The molecule has 8 heteroatoms. The van der Waals surface area contributed by atoms with Crippen molar-refractivity contribution in [3.8, 4) is 11.5 Å². The average Bonchev–Trinajstić information content (AvgIpc) is 2.61. The number of aromatic amines is 1. The van der Waals surface area contributed by atoms with Gasteiger partial charge in [-0.3, -0.25) is 19.5 Å². The molecule has 134 valence electrons. The fraction of sp³-hybridized carbons (Fsp3) is 0.353. The van der Waals surface area contributed by atoms with E-state index in [1.165, 1.54) is 6.07 Å². The molecule has 0 aliphatic heterocycles. The summed E-state index contributed by atoms with van der Waals surface area (Å²) in [5.74, 6) is 1.06. The lowest BCUT2D eigenvalue weighted by molar-refractivity contribution is -0.130. The number of benzene rings is 1. The van der Waals surface area contributed by atoms with Crippen LogP contribution in [0, 0.1) is 0 Å². The summed E-state index contributed by atoms with van der Waals surface area (Å²) in [6.45, 7) is 0.503. The van der Waals surface area contributed by atoms with Crippen LogP contribution < -0.4 is 20.6 Å². The van der Waals surface area contributed by atoms with Crippen LogP contribution in [0.3, 0.4) is 0 Å². The number of H-pyrrole nitrogens is 1. The lowest BCUT2D eigenvalue weighted by atomic mass is 10.2. The third kappa shape index (κ3) is 4.72. The molecule has 0 aliphatic carbocycles. The van der Waals surface area contributed by atoms with E-state index in [-0.39, 0.29) is 30.0 Å². The van der Waals surface area contributed by atoms with Gasteiger partial charge in [-0.25, -0.2) is 4.68 Å². The SMILES string of the molecule is COc1ccc(CN(C)C(=O)CCn2[nH]c(=O)ccc2=O)cc1OC. The smallest absolute Gasteiger partial charge is 0.265 e. The van der Waals surface area contributed by atoms with Gasteiger partial charge in [-0.1, -0.05) is 6.07 Å². The minimum atomic E-state index is -0.384. The maximum Gasteiger partial charge on any atom is 0.265 e. The first kappa shape index (κ1) is 18.3. The monoisotopic (exact) mass is 347 g/mol. The van der Waals surface area contributed by atoms with Crippen LogP contribution in [-0.4, -0.2) is 41.9 Å². The fourth-order valence-corrected chi connectivity index (χ4v) is 2.37. The summed E-state index contributed by atoms with van der Waals surface area (Å²) in [6.07, 6.45) is 0.101. The van der Waals surface area contributed by atoms with Crippen molar-refractivity contribution in [2.24, 2.45) is 0 Å². The van der Waals surface area contributed by atoms with Gasteiger partial charge in [-0.15, -0.1) is 0 Å². The normalized spacial score (nSPS) is 10.4. The van der Waals surface area contributed by atoms with Crippen LogP contribution in [0.5, 0.6) is 11.5 Å². The molecule has 2 rings (SSSR count). The van der Waals surface area contributed by atoms with Crippen molar-refractivity contribution in [3.05, 3.63) is 56.6 Å². The zero-order valence-corrected chi connectivity index (χ0v) is 14.4. The predicted octanol–water partition coefficient (Wildman–Crippen LogP) is 0.603. The van der Waals surface area contributed by atoms with Gasteiger partial charge >= 0.3 is 0 Å². The second-order valence-electron chi connectivity index (χ2n) is 5.49. The number of nitrogens with one attached hydrogen (secondary N) is 1. The van der Waals surface area contributed by atoms with Crippen molar-refractivity contribution in [3.63, 3.8) is 0 Å². The summed E-state index contributed by atoms with van der Waals surface area (Å²) >= 11 is 0. The Bertz CT molecular complexity index is 856. The van der Waals surface area contributed by atoms with Gasteiger partial charge in [0.1, 0.15) is 0 Å².